The third kappa shape index (κ3) is 2.18. The lowest BCUT2D eigenvalue weighted by Crippen LogP contribution is -2.16. The SMILES string of the molecule is Cc1cc2c(cc1CNC(=O)S)OCO2. The Morgan fingerprint density at radius 3 is 2.80 bits per heavy atom. The van der Waals surface area contributed by atoms with Gasteiger partial charge in [0.25, 0.3) is 5.24 Å². The van der Waals surface area contributed by atoms with Crippen LogP contribution in [0.15, 0.2) is 12.1 Å². The fourth-order valence-corrected chi connectivity index (χ4v) is 1.53. The Balaban J connectivity index is 2.21. The average molecular weight is 225 g/mol. The standard InChI is InChI=1S/C10H11NO3S/c1-6-2-8-9(14-5-13-8)3-7(6)4-11-10(12)15/h2-3H,4-5H2,1H3,(H2,11,12,15). The quantitative estimate of drug-likeness (QED) is 0.755. The van der Waals surface area contributed by atoms with Crippen molar-refractivity contribution in [2.75, 3.05) is 6.79 Å². The maximum absolute atomic E-state index is 10.7. The maximum Gasteiger partial charge on any atom is 0.276 e. The van der Waals surface area contributed by atoms with Gasteiger partial charge < -0.3 is 14.8 Å². The van der Waals surface area contributed by atoms with E-state index < -0.39 is 0 Å². The van der Waals surface area contributed by atoms with Gasteiger partial charge in [0.15, 0.2) is 11.5 Å². The van der Waals surface area contributed by atoms with E-state index in [1.54, 1.807) is 0 Å². The largest absolute Gasteiger partial charge is 0.454 e. The topological polar surface area (TPSA) is 47.6 Å². The molecule has 1 N–H and O–H groups in total. The van der Waals surface area contributed by atoms with Gasteiger partial charge in [0.05, 0.1) is 0 Å². The molecule has 2 rings (SSSR count). The molecule has 0 saturated heterocycles. The van der Waals surface area contributed by atoms with E-state index in [-0.39, 0.29) is 12.0 Å². The first kappa shape index (κ1) is 10.2. The predicted octanol–water partition coefficient (Wildman–Crippen LogP) is 1.86. The van der Waals surface area contributed by atoms with Crippen LogP contribution in [-0.4, -0.2) is 12.0 Å². The number of rotatable bonds is 2. The van der Waals surface area contributed by atoms with E-state index in [0.29, 0.717) is 6.54 Å². The van der Waals surface area contributed by atoms with Gasteiger partial charge in [-0.1, -0.05) is 12.6 Å². The monoisotopic (exact) mass is 225 g/mol. The molecule has 1 aromatic carbocycles. The molecule has 5 heteroatoms. The highest BCUT2D eigenvalue weighted by molar-refractivity contribution is 7.96. The summed E-state index contributed by atoms with van der Waals surface area (Å²) in [6.45, 7) is 2.67. The number of ether oxygens (including phenoxy) is 2. The van der Waals surface area contributed by atoms with E-state index in [0.717, 1.165) is 22.6 Å². The number of aryl methyl sites for hydroxylation is 1. The van der Waals surface area contributed by atoms with Crippen molar-refractivity contribution in [2.24, 2.45) is 0 Å². The number of carbonyl (C=O) groups excluding carboxylic acids is 1. The summed E-state index contributed by atoms with van der Waals surface area (Å²) >= 11 is 3.64. The minimum absolute atomic E-state index is 0.261. The van der Waals surface area contributed by atoms with Gasteiger partial charge in [0, 0.05) is 6.54 Å². The van der Waals surface area contributed by atoms with Crippen LogP contribution in [0.4, 0.5) is 4.79 Å². The molecule has 0 aliphatic carbocycles. The summed E-state index contributed by atoms with van der Waals surface area (Å²) in [5, 5.41) is 2.28. The molecule has 1 heterocycles. The van der Waals surface area contributed by atoms with Gasteiger partial charge in [0.2, 0.25) is 6.79 Å². The van der Waals surface area contributed by atoms with Gasteiger partial charge in [-0.3, -0.25) is 4.79 Å². The minimum atomic E-state index is -0.341. The molecule has 0 saturated carbocycles. The van der Waals surface area contributed by atoms with Crippen LogP contribution in [0.2, 0.25) is 0 Å². The molecule has 0 aromatic heterocycles. The molecule has 0 unspecified atom stereocenters. The number of nitrogens with one attached hydrogen (secondary N) is 1. The van der Waals surface area contributed by atoms with Crippen molar-refractivity contribution < 1.29 is 14.3 Å². The third-order valence-corrected chi connectivity index (χ3v) is 2.42. The van der Waals surface area contributed by atoms with Gasteiger partial charge in [-0.05, 0) is 30.2 Å². The van der Waals surface area contributed by atoms with Crippen molar-refractivity contribution in [3.63, 3.8) is 0 Å². The van der Waals surface area contributed by atoms with Crippen molar-refractivity contribution in [1.29, 1.82) is 0 Å². The lowest BCUT2D eigenvalue weighted by molar-refractivity contribution is 0.174. The van der Waals surface area contributed by atoms with Crippen molar-refractivity contribution in [1.82, 2.24) is 5.32 Å². The highest BCUT2D eigenvalue weighted by atomic mass is 32.1. The zero-order chi connectivity index (χ0) is 10.8. The molecule has 0 spiro atoms. The van der Waals surface area contributed by atoms with Crippen LogP contribution in [0.1, 0.15) is 11.1 Å². The van der Waals surface area contributed by atoms with Gasteiger partial charge >= 0.3 is 0 Å². The van der Waals surface area contributed by atoms with E-state index in [4.69, 9.17) is 9.47 Å². The van der Waals surface area contributed by atoms with Gasteiger partial charge in [0.1, 0.15) is 0 Å². The summed E-state index contributed by atoms with van der Waals surface area (Å²) in [4.78, 5) is 10.7. The molecule has 0 bridgehead atoms. The van der Waals surface area contributed by atoms with Crippen molar-refractivity contribution >= 4 is 17.9 Å². The van der Waals surface area contributed by atoms with E-state index in [2.05, 4.69) is 17.9 Å². The number of hydrogen-bond donors (Lipinski definition) is 2. The Morgan fingerprint density at radius 1 is 1.47 bits per heavy atom. The van der Waals surface area contributed by atoms with Gasteiger partial charge in [-0.2, -0.15) is 0 Å². The molecular formula is C10H11NO3S. The number of thiol groups is 1. The molecule has 15 heavy (non-hydrogen) atoms. The molecule has 1 amide bonds. The lowest BCUT2D eigenvalue weighted by atomic mass is 10.1. The zero-order valence-corrected chi connectivity index (χ0v) is 9.14. The van der Waals surface area contributed by atoms with Gasteiger partial charge in [-0.15, -0.1) is 0 Å². The van der Waals surface area contributed by atoms with Crippen LogP contribution < -0.4 is 14.8 Å². The Bertz CT molecular complexity index is 406. The van der Waals surface area contributed by atoms with Crippen LogP contribution in [0.3, 0.4) is 0 Å². The molecule has 1 aliphatic heterocycles. The fraction of sp³-hybridized carbons (Fsp3) is 0.300. The molecule has 1 aliphatic rings. The highest BCUT2D eigenvalue weighted by Gasteiger charge is 2.15. The van der Waals surface area contributed by atoms with Crippen LogP contribution in [0.5, 0.6) is 11.5 Å². The second-order valence-electron chi connectivity index (χ2n) is 3.29. The molecule has 0 fully saturated rings. The predicted molar refractivity (Wildman–Crippen MR) is 58.5 cm³/mol. The van der Waals surface area contributed by atoms with Crippen molar-refractivity contribution in [3.8, 4) is 11.5 Å². The second kappa shape index (κ2) is 4.02. The van der Waals surface area contributed by atoms with E-state index in [9.17, 15) is 4.79 Å². The first-order valence-electron chi connectivity index (χ1n) is 4.53. The van der Waals surface area contributed by atoms with Crippen molar-refractivity contribution in [2.45, 2.75) is 13.5 Å². The lowest BCUT2D eigenvalue weighted by Gasteiger charge is -2.07. The summed E-state index contributed by atoms with van der Waals surface area (Å²) in [7, 11) is 0. The number of benzene rings is 1. The number of fused-ring (bicyclic) bond motifs is 1. The molecule has 80 valence electrons. The average Bonchev–Trinajstić information content (AvgIpc) is 2.60. The van der Waals surface area contributed by atoms with Crippen LogP contribution in [-0.2, 0) is 6.54 Å². The third-order valence-electron chi connectivity index (χ3n) is 2.26. The first-order valence-corrected chi connectivity index (χ1v) is 4.97. The Labute approximate surface area is 93.0 Å². The Hall–Kier alpha value is -1.36. The van der Waals surface area contributed by atoms with Crippen molar-refractivity contribution in [3.05, 3.63) is 23.3 Å². The number of amides is 1. The smallest absolute Gasteiger partial charge is 0.276 e. The maximum atomic E-state index is 10.7. The first-order chi connectivity index (χ1) is 7.16. The van der Waals surface area contributed by atoms with Crippen LogP contribution >= 0.6 is 12.6 Å². The second-order valence-corrected chi connectivity index (χ2v) is 3.70. The summed E-state index contributed by atoms with van der Waals surface area (Å²) in [6, 6.07) is 3.78. The Kier molecular flexibility index (Phi) is 2.73. The fourth-order valence-electron chi connectivity index (χ4n) is 1.45. The highest BCUT2D eigenvalue weighted by Crippen LogP contribution is 2.34. The van der Waals surface area contributed by atoms with Crippen LogP contribution in [0, 0.1) is 6.92 Å². The summed E-state index contributed by atoms with van der Waals surface area (Å²) in [6.07, 6.45) is 0. The minimum Gasteiger partial charge on any atom is -0.454 e. The molecule has 0 atom stereocenters. The summed E-state index contributed by atoms with van der Waals surface area (Å²) in [5.41, 5.74) is 2.06. The summed E-state index contributed by atoms with van der Waals surface area (Å²) < 4.78 is 10.5. The zero-order valence-electron chi connectivity index (χ0n) is 8.24. The molecular weight excluding hydrogens is 214 g/mol. The van der Waals surface area contributed by atoms with E-state index in [1.807, 2.05) is 19.1 Å². The van der Waals surface area contributed by atoms with E-state index >= 15 is 0 Å². The molecule has 1 aromatic rings. The Morgan fingerprint density at radius 2 is 2.13 bits per heavy atom. The molecule has 4 nitrogen and oxygen atoms in total. The summed E-state index contributed by atoms with van der Waals surface area (Å²) in [5.74, 6) is 1.48. The number of carbonyl (C=O) groups is 1. The molecule has 0 radical (unpaired) electrons. The number of hydrogen-bond acceptors (Lipinski definition) is 3. The van der Waals surface area contributed by atoms with Gasteiger partial charge in [-0.25, -0.2) is 0 Å². The van der Waals surface area contributed by atoms with Crippen LogP contribution in [0.25, 0.3) is 0 Å². The van der Waals surface area contributed by atoms with E-state index in [1.165, 1.54) is 0 Å². The normalized spacial score (nSPS) is 12.7.